The molecule has 0 radical (unpaired) electrons. The fourth-order valence-electron chi connectivity index (χ4n) is 2.44. The molecule has 1 aromatic carbocycles. The fraction of sp³-hybridized carbons (Fsp3) is 0.438. The highest BCUT2D eigenvalue weighted by Gasteiger charge is 2.20. The van der Waals surface area contributed by atoms with Crippen molar-refractivity contribution >= 4 is 21.7 Å². The van der Waals surface area contributed by atoms with Crippen LogP contribution in [0, 0.1) is 0 Å². The average molecular weight is 352 g/mol. The Morgan fingerprint density at radius 2 is 1.90 bits per heavy atom. The van der Waals surface area contributed by atoms with Gasteiger partial charge in [-0.05, 0) is 48.0 Å². The summed E-state index contributed by atoms with van der Waals surface area (Å²) in [6, 6.07) is 6.18. The van der Waals surface area contributed by atoms with Crippen molar-refractivity contribution in [2.75, 3.05) is 12.8 Å². The lowest BCUT2D eigenvalue weighted by atomic mass is 10.1. The van der Waals surface area contributed by atoms with Gasteiger partial charge in [0.2, 0.25) is 0 Å². The van der Waals surface area contributed by atoms with Gasteiger partial charge >= 0.3 is 0 Å². The van der Waals surface area contributed by atoms with E-state index in [1.54, 1.807) is 7.11 Å². The van der Waals surface area contributed by atoms with Gasteiger partial charge in [-0.2, -0.15) is 0 Å². The number of hydrogen-bond acceptors (Lipinski definition) is 3. The monoisotopic (exact) mass is 351 g/mol. The number of imidazole rings is 1. The smallest absolute Gasteiger partial charge is 0.133 e. The van der Waals surface area contributed by atoms with Gasteiger partial charge in [-0.25, -0.2) is 4.98 Å². The van der Waals surface area contributed by atoms with Crippen LogP contribution in [-0.4, -0.2) is 16.7 Å². The summed E-state index contributed by atoms with van der Waals surface area (Å²) in [6.07, 6.45) is 0. The number of methoxy groups -OCH3 is 1. The Balaban J connectivity index is 2.59. The number of nitrogens with zero attached hydrogens (tertiary/aromatic N) is 2. The zero-order valence-corrected chi connectivity index (χ0v) is 14.7. The summed E-state index contributed by atoms with van der Waals surface area (Å²) in [5.74, 6) is 2.85. The minimum absolute atomic E-state index is 0.283. The highest BCUT2D eigenvalue weighted by atomic mass is 79.9. The van der Waals surface area contributed by atoms with E-state index in [-0.39, 0.29) is 6.04 Å². The van der Waals surface area contributed by atoms with Gasteiger partial charge in [0.1, 0.15) is 23.1 Å². The van der Waals surface area contributed by atoms with Crippen LogP contribution in [0.25, 0.3) is 11.3 Å². The molecule has 0 amide bonds. The summed E-state index contributed by atoms with van der Waals surface area (Å²) in [6.45, 7) is 8.51. The molecular formula is C16H22BrN3O. The van der Waals surface area contributed by atoms with Crippen LogP contribution in [0.1, 0.15) is 45.5 Å². The Labute approximate surface area is 134 Å². The highest BCUT2D eigenvalue weighted by molar-refractivity contribution is 9.10. The molecule has 5 heteroatoms. The van der Waals surface area contributed by atoms with Crippen LogP contribution >= 0.6 is 15.9 Å². The first-order valence-corrected chi connectivity index (χ1v) is 7.87. The maximum Gasteiger partial charge on any atom is 0.133 e. The Bertz CT molecular complexity index is 647. The third-order valence-electron chi connectivity index (χ3n) is 3.43. The molecule has 1 aromatic heterocycles. The molecule has 0 bridgehead atoms. The van der Waals surface area contributed by atoms with Crippen molar-refractivity contribution in [3.8, 4) is 17.0 Å². The number of anilines is 1. The first kappa shape index (κ1) is 15.9. The molecule has 2 N–H and O–H groups in total. The quantitative estimate of drug-likeness (QED) is 0.874. The molecular weight excluding hydrogens is 330 g/mol. The number of benzene rings is 1. The van der Waals surface area contributed by atoms with Crippen molar-refractivity contribution in [2.24, 2.45) is 0 Å². The summed E-state index contributed by atoms with van der Waals surface area (Å²) in [7, 11) is 1.65. The molecule has 21 heavy (non-hydrogen) atoms. The molecule has 0 aliphatic heterocycles. The van der Waals surface area contributed by atoms with Crippen LogP contribution < -0.4 is 10.5 Å². The highest BCUT2D eigenvalue weighted by Crippen LogP contribution is 2.35. The standard InChI is InChI=1S/C16H22BrN3O/c1-9(2)16-19-14(15(18)20(16)10(3)4)11-6-7-13(21-5)12(17)8-11/h6-10H,18H2,1-5H3. The van der Waals surface area contributed by atoms with Crippen molar-refractivity contribution in [2.45, 2.75) is 39.7 Å². The lowest BCUT2D eigenvalue weighted by molar-refractivity contribution is 0.412. The SMILES string of the molecule is COc1ccc(-c2nc(C(C)C)n(C(C)C)c2N)cc1Br. The number of nitrogens with two attached hydrogens (primary N) is 1. The Kier molecular flexibility index (Phi) is 4.61. The summed E-state index contributed by atoms with van der Waals surface area (Å²) < 4.78 is 8.27. The van der Waals surface area contributed by atoms with Crippen molar-refractivity contribution < 1.29 is 4.74 Å². The van der Waals surface area contributed by atoms with E-state index in [0.29, 0.717) is 11.7 Å². The van der Waals surface area contributed by atoms with Crippen LogP contribution in [0.15, 0.2) is 22.7 Å². The summed E-state index contributed by atoms with van der Waals surface area (Å²) in [4.78, 5) is 4.77. The van der Waals surface area contributed by atoms with Gasteiger partial charge in [0.05, 0.1) is 11.6 Å². The van der Waals surface area contributed by atoms with Crippen LogP contribution in [0.4, 0.5) is 5.82 Å². The van der Waals surface area contributed by atoms with Gasteiger partial charge in [0.15, 0.2) is 0 Å². The van der Waals surface area contributed by atoms with Crippen LogP contribution in [-0.2, 0) is 0 Å². The molecule has 0 aliphatic carbocycles. The lowest BCUT2D eigenvalue weighted by Crippen LogP contribution is -2.10. The van der Waals surface area contributed by atoms with Crippen LogP contribution in [0.2, 0.25) is 0 Å². The summed E-state index contributed by atoms with van der Waals surface area (Å²) >= 11 is 3.51. The fourth-order valence-corrected chi connectivity index (χ4v) is 2.98. The van der Waals surface area contributed by atoms with Gasteiger partial charge in [-0.15, -0.1) is 0 Å². The molecule has 0 atom stereocenters. The second kappa shape index (κ2) is 6.10. The minimum atomic E-state index is 0.283. The molecule has 0 fully saturated rings. The van der Waals surface area contributed by atoms with Crippen LogP contribution in [0.5, 0.6) is 5.75 Å². The predicted molar refractivity (Wildman–Crippen MR) is 90.8 cm³/mol. The van der Waals surface area contributed by atoms with Gasteiger partial charge in [-0.1, -0.05) is 13.8 Å². The average Bonchev–Trinajstić information content (AvgIpc) is 2.76. The van der Waals surface area contributed by atoms with Gasteiger partial charge in [0, 0.05) is 17.5 Å². The van der Waals surface area contributed by atoms with Crippen molar-refractivity contribution in [1.82, 2.24) is 9.55 Å². The van der Waals surface area contributed by atoms with E-state index in [1.165, 1.54) is 0 Å². The molecule has 114 valence electrons. The Morgan fingerprint density at radius 1 is 1.24 bits per heavy atom. The normalized spacial score (nSPS) is 11.4. The second-order valence-electron chi connectivity index (χ2n) is 5.67. The number of aromatic nitrogens is 2. The first-order chi connectivity index (χ1) is 9.86. The van der Waals surface area contributed by atoms with Crippen molar-refractivity contribution in [3.63, 3.8) is 0 Å². The number of rotatable bonds is 4. The third-order valence-corrected chi connectivity index (χ3v) is 4.05. The van der Waals surface area contributed by atoms with E-state index < -0.39 is 0 Å². The van der Waals surface area contributed by atoms with E-state index in [9.17, 15) is 0 Å². The topological polar surface area (TPSA) is 53.1 Å². The third kappa shape index (κ3) is 2.93. The molecule has 0 unspecified atom stereocenters. The van der Waals surface area contributed by atoms with Gasteiger partial charge < -0.3 is 15.0 Å². The van der Waals surface area contributed by atoms with Crippen LogP contribution in [0.3, 0.4) is 0 Å². The maximum absolute atomic E-state index is 6.35. The number of hydrogen-bond donors (Lipinski definition) is 1. The Morgan fingerprint density at radius 3 is 2.33 bits per heavy atom. The molecule has 2 aromatic rings. The van der Waals surface area contributed by atoms with E-state index in [2.05, 4.69) is 48.2 Å². The molecule has 0 saturated carbocycles. The molecule has 0 aliphatic rings. The predicted octanol–water partition coefficient (Wildman–Crippen LogP) is 4.61. The first-order valence-electron chi connectivity index (χ1n) is 7.08. The molecule has 0 saturated heterocycles. The van der Waals surface area contributed by atoms with Gasteiger partial charge in [0.25, 0.3) is 0 Å². The summed E-state index contributed by atoms with van der Waals surface area (Å²) in [5.41, 5.74) is 8.17. The van der Waals surface area contributed by atoms with Crippen molar-refractivity contribution in [1.29, 1.82) is 0 Å². The summed E-state index contributed by atoms with van der Waals surface area (Å²) in [5, 5.41) is 0. The van der Waals surface area contributed by atoms with E-state index >= 15 is 0 Å². The number of halogens is 1. The van der Waals surface area contributed by atoms with E-state index in [0.717, 1.165) is 27.3 Å². The largest absolute Gasteiger partial charge is 0.496 e. The molecule has 2 rings (SSSR count). The van der Waals surface area contributed by atoms with E-state index in [4.69, 9.17) is 15.5 Å². The number of ether oxygens (including phenoxy) is 1. The zero-order valence-electron chi connectivity index (χ0n) is 13.1. The molecule has 1 heterocycles. The number of nitrogen functional groups attached to an aromatic ring is 1. The van der Waals surface area contributed by atoms with Crippen molar-refractivity contribution in [3.05, 3.63) is 28.5 Å². The Hall–Kier alpha value is -1.49. The van der Waals surface area contributed by atoms with Gasteiger partial charge in [-0.3, -0.25) is 0 Å². The molecule has 4 nitrogen and oxygen atoms in total. The molecule has 0 spiro atoms. The second-order valence-corrected chi connectivity index (χ2v) is 6.53. The minimum Gasteiger partial charge on any atom is -0.496 e. The van der Waals surface area contributed by atoms with E-state index in [1.807, 2.05) is 18.2 Å². The lowest BCUT2D eigenvalue weighted by Gasteiger charge is -2.15. The zero-order chi connectivity index (χ0) is 15.7. The maximum atomic E-state index is 6.35.